The van der Waals surface area contributed by atoms with E-state index in [9.17, 15) is 0 Å². The molecule has 94 valence electrons. The van der Waals surface area contributed by atoms with Crippen LogP contribution in [0.1, 0.15) is 37.2 Å². The van der Waals surface area contributed by atoms with Crippen LogP contribution in [0, 0.1) is 0 Å². The molecule has 2 atom stereocenters. The number of alkyl halides is 1. The van der Waals surface area contributed by atoms with E-state index >= 15 is 0 Å². The van der Waals surface area contributed by atoms with E-state index in [1.807, 2.05) is 18.2 Å². The molecule has 2 unspecified atom stereocenters. The average molecular weight is 299 g/mol. The normalized spacial score (nSPS) is 24.4. The number of hydrogen-bond acceptors (Lipinski definition) is 2. The van der Waals surface area contributed by atoms with E-state index < -0.39 is 0 Å². The van der Waals surface area contributed by atoms with Crippen molar-refractivity contribution in [3.05, 3.63) is 23.8 Å². The van der Waals surface area contributed by atoms with Gasteiger partial charge < -0.3 is 9.47 Å². The van der Waals surface area contributed by atoms with Gasteiger partial charge >= 0.3 is 0 Å². The second-order valence-electron chi connectivity index (χ2n) is 4.48. The van der Waals surface area contributed by atoms with Gasteiger partial charge in [-0.25, -0.2) is 0 Å². The monoisotopic (exact) mass is 298 g/mol. The fourth-order valence-corrected chi connectivity index (χ4v) is 3.51. The third-order valence-corrected chi connectivity index (χ3v) is 4.61. The Morgan fingerprint density at radius 3 is 2.18 bits per heavy atom. The van der Waals surface area contributed by atoms with Crippen molar-refractivity contribution in [3.63, 3.8) is 0 Å². The minimum atomic E-state index is 0.495. The summed E-state index contributed by atoms with van der Waals surface area (Å²) >= 11 is 3.81. The van der Waals surface area contributed by atoms with Gasteiger partial charge in [-0.15, -0.1) is 0 Å². The summed E-state index contributed by atoms with van der Waals surface area (Å²) in [6.07, 6.45) is 5.02. The number of halogens is 1. The van der Waals surface area contributed by atoms with Gasteiger partial charge in [0.25, 0.3) is 0 Å². The molecule has 3 heteroatoms. The second-order valence-corrected chi connectivity index (χ2v) is 5.66. The van der Waals surface area contributed by atoms with Crippen LogP contribution >= 0.6 is 15.9 Å². The van der Waals surface area contributed by atoms with Crippen molar-refractivity contribution in [2.75, 3.05) is 14.2 Å². The van der Waals surface area contributed by atoms with Gasteiger partial charge in [0.1, 0.15) is 11.5 Å². The first-order valence-corrected chi connectivity index (χ1v) is 7.04. The van der Waals surface area contributed by atoms with Gasteiger partial charge in [-0.05, 0) is 25.0 Å². The second kappa shape index (κ2) is 5.76. The highest BCUT2D eigenvalue weighted by molar-refractivity contribution is 9.09. The van der Waals surface area contributed by atoms with E-state index in [0.717, 1.165) is 11.5 Å². The summed E-state index contributed by atoms with van der Waals surface area (Å²) < 4.78 is 11.0. The van der Waals surface area contributed by atoms with Crippen LogP contribution in [0.2, 0.25) is 0 Å². The molecule has 1 aromatic rings. The van der Waals surface area contributed by atoms with Crippen molar-refractivity contribution in [2.45, 2.75) is 36.4 Å². The molecule has 1 aliphatic carbocycles. The summed E-state index contributed by atoms with van der Waals surface area (Å²) in [4.78, 5) is 0.529. The first-order valence-electron chi connectivity index (χ1n) is 6.13. The van der Waals surface area contributed by atoms with E-state index in [0.29, 0.717) is 10.7 Å². The Hall–Kier alpha value is -0.700. The van der Waals surface area contributed by atoms with Crippen molar-refractivity contribution in [1.29, 1.82) is 0 Å². The van der Waals surface area contributed by atoms with E-state index in [4.69, 9.17) is 9.47 Å². The highest BCUT2D eigenvalue weighted by Crippen LogP contribution is 2.45. The van der Waals surface area contributed by atoms with Gasteiger partial charge in [0, 0.05) is 16.3 Å². The predicted molar refractivity (Wildman–Crippen MR) is 73.5 cm³/mol. The molecule has 1 fully saturated rings. The average Bonchev–Trinajstić information content (AvgIpc) is 2.38. The summed E-state index contributed by atoms with van der Waals surface area (Å²) in [6.45, 7) is 0. The first-order chi connectivity index (χ1) is 8.27. The fourth-order valence-electron chi connectivity index (χ4n) is 2.66. The smallest absolute Gasteiger partial charge is 0.126 e. The van der Waals surface area contributed by atoms with E-state index in [1.165, 1.54) is 31.2 Å². The molecular weight excluding hydrogens is 280 g/mol. The Balaban J connectivity index is 2.40. The Labute approximate surface area is 111 Å². The topological polar surface area (TPSA) is 18.5 Å². The maximum atomic E-state index is 5.49. The lowest BCUT2D eigenvalue weighted by Crippen LogP contribution is -2.18. The predicted octanol–water partition coefficient (Wildman–Crippen LogP) is 4.12. The zero-order valence-electron chi connectivity index (χ0n) is 10.4. The molecule has 1 aliphatic rings. The van der Waals surface area contributed by atoms with Gasteiger partial charge in [0.15, 0.2) is 0 Å². The van der Waals surface area contributed by atoms with Gasteiger partial charge in [-0.3, -0.25) is 0 Å². The molecule has 2 rings (SSSR count). The maximum Gasteiger partial charge on any atom is 0.126 e. The molecule has 0 bridgehead atoms. The molecule has 0 radical (unpaired) electrons. The van der Waals surface area contributed by atoms with Crippen molar-refractivity contribution in [3.8, 4) is 11.5 Å². The number of methoxy groups -OCH3 is 2. The van der Waals surface area contributed by atoms with Crippen LogP contribution in [0.5, 0.6) is 11.5 Å². The third kappa shape index (κ3) is 2.59. The van der Waals surface area contributed by atoms with Crippen LogP contribution in [0.3, 0.4) is 0 Å². The molecule has 0 N–H and O–H groups in total. The molecule has 0 spiro atoms. The fraction of sp³-hybridized carbons (Fsp3) is 0.571. The van der Waals surface area contributed by atoms with Crippen LogP contribution in [-0.2, 0) is 0 Å². The molecule has 17 heavy (non-hydrogen) atoms. The highest BCUT2D eigenvalue weighted by atomic mass is 79.9. The molecule has 2 nitrogen and oxygen atoms in total. The minimum absolute atomic E-state index is 0.495. The Morgan fingerprint density at radius 1 is 1.06 bits per heavy atom. The lowest BCUT2D eigenvalue weighted by atomic mass is 9.83. The molecular formula is C14H19BrO2. The Morgan fingerprint density at radius 2 is 1.65 bits per heavy atom. The summed E-state index contributed by atoms with van der Waals surface area (Å²) in [7, 11) is 3.45. The highest BCUT2D eigenvalue weighted by Gasteiger charge is 2.29. The zero-order chi connectivity index (χ0) is 12.3. The van der Waals surface area contributed by atoms with Crippen LogP contribution in [0.4, 0.5) is 0 Å². The first kappa shape index (κ1) is 12.7. The van der Waals surface area contributed by atoms with Gasteiger partial charge in [-0.1, -0.05) is 34.8 Å². The van der Waals surface area contributed by atoms with Crippen molar-refractivity contribution in [1.82, 2.24) is 0 Å². The lowest BCUT2D eigenvalue weighted by molar-refractivity contribution is 0.364. The SMILES string of the molecule is COc1cccc(OC)c1C1CCCCC1Br. The zero-order valence-corrected chi connectivity index (χ0v) is 12.0. The van der Waals surface area contributed by atoms with Crippen LogP contribution < -0.4 is 9.47 Å². The summed E-state index contributed by atoms with van der Waals surface area (Å²) in [5.41, 5.74) is 1.22. The number of hydrogen-bond donors (Lipinski definition) is 0. The summed E-state index contributed by atoms with van der Waals surface area (Å²) in [5.74, 6) is 2.39. The van der Waals surface area contributed by atoms with E-state index in [2.05, 4.69) is 15.9 Å². The van der Waals surface area contributed by atoms with Crippen molar-refractivity contribution in [2.24, 2.45) is 0 Å². The van der Waals surface area contributed by atoms with Gasteiger partial charge in [-0.2, -0.15) is 0 Å². The molecule has 0 aliphatic heterocycles. The van der Waals surface area contributed by atoms with Crippen LogP contribution in [0.15, 0.2) is 18.2 Å². The minimum Gasteiger partial charge on any atom is -0.496 e. The molecule has 1 aromatic carbocycles. The Kier molecular flexibility index (Phi) is 4.32. The number of rotatable bonds is 3. The van der Waals surface area contributed by atoms with Gasteiger partial charge in [0.05, 0.1) is 14.2 Å². The molecule has 0 saturated heterocycles. The summed E-state index contributed by atoms with van der Waals surface area (Å²) in [5, 5.41) is 0. The quantitative estimate of drug-likeness (QED) is 0.781. The summed E-state index contributed by atoms with van der Waals surface area (Å²) in [6, 6.07) is 6.02. The third-order valence-electron chi connectivity index (χ3n) is 3.52. The van der Waals surface area contributed by atoms with Gasteiger partial charge in [0.2, 0.25) is 0 Å². The van der Waals surface area contributed by atoms with E-state index in [-0.39, 0.29) is 0 Å². The molecule has 1 saturated carbocycles. The van der Waals surface area contributed by atoms with Crippen LogP contribution in [-0.4, -0.2) is 19.0 Å². The standard InChI is InChI=1S/C14H19BrO2/c1-16-12-8-5-9-13(17-2)14(12)10-6-3-4-7-11(10)15/h5,8-11H,3-4,6-7H2,1-2H3. The van der Waals surface area contributed by atoms with Crippen molar-refractivity contribution < 1.29 is 9.47 Å². The largest absolute Gasteiger partial charge is 0.496 e. The molecule has 0 heterocycles. The Bertz CT molecular complexity index is 356. The number of ether oxygens (including phenoxy) is 2. The van der Waals surface area contributed by atoms with Crippen LogP contribution in [0.25, 0.3) is 0 Å². The van der Waals surface area contributed by atoms with Crippen molar-refractivity contribution >= 4 is 15.9 Å². The number of benzene rings is 1. The maximum absolute atomic E-state index is 5.49. The van der Waals surface area contributed by atoms with E-state index in [1.54, 1.807) is 14.2 Å². The lowest BCUT2D eigenvalue weighted by Gasteiger charge is -2.30. The molecule has 0 aromatic heterocycles. The molecule has 0 amide bonds.